The topological polar surface area (TPSA) is 105 Å². The highest BCUT2D eigenvalue weighted by atomic mass is 35.5. The molecular formula is C11H17ClN4O3. The average molecular weight is 289 g/mol. The Morgan fingerprint density at radius 2 is 2.26 bits per heavy atom. The summed E-state index contributed by atoms with van der Waals surface area (Å²) in [6, 6.07) is 2.78. The highest BCUT2D eigenvalue weighted by Crippen LogP contribution is 2.20. The fraction of sp³-hybridized carbons (Fsp3) is 0.545. The van der Waals surface area contributed by atoms with E-state index >= 15 is 0 Å². The predicted octanol–water partition coefficient (Wildman–Crippen LogP) is 1.30. The second-order valence-electron chi connectivity index (χ2n) is 4.40. The highest BCUT2D eigenvalue weighted by molar-refractivity contribution is 5.93. The van der Waals surface area contributed by atoms with Gasteiger partial charge in [0, 0.05) is 25.2 Å². The van der Waals surface area contributed by atoms with Gasteiger partial charge < -0.3 is 20.7 Å². The molecule has 0 radical (unpaired) electrons. The van der Waals surface area contributed by atoms with Crippen LogP contribution in [0, 0.1) is 10.1 Å². The molecule has 1 amide bonds. The number of likely N-dealkylation sites (tertiary alicyclic amines) is 1. The largest absolute Gasteiger partial charge is 0.358 e. The number of amides is 1. The van der Waals surface area contributed by atoms with Gasteiger partial charge in [-0.2, -0.15) is 0 Å². The Balaban J connectivity index is 0.00000180. The first-order valence-electron chi connectivity index (χ1n) is 5.98. The quantitative estimate of drug-likeness (QED) is 0.646. The lowest BCUT2D eigenvalue weighted by molar-refractivity contribution is -0.389. The van der Waals surface area contributed by atoms with Crippen LogP contribution in [0.25, 0.3) is 0 Å². The number of nitrogens with two attached hydrogens (primary N) is 1. The first kappa shape index (κ1) is 15.5. The molecule has 1 aliphatic rings. The fourth-order valence-corrected chi connectivity index (χ4v) is 2.28. The molecule has 0 spiro atoms. The second-order valence-corrected chi connectivity index (χ2v) is 4.40. The number of aromatic nitrogens is 1. The average Bonchev–Trinajstić information content (AvgIpc) is 2.87. The minimum Gasteiger partial charge on any atom is -0.358 e. The number of aromatic amines is 1. The van der Waals surface area contributed by atoms with Crippen LogP contribution in [-0.2, 0) is 0 Å². The summed E-state index contributed by atoms with van der Waals surface area (Å²) in [6.45, 7) is 1.09. The Bertz CT molecular complexity index is 463. The van der Waals surface area contributed by atoms with E-state index in [1.54, 1.807) is 4.90 Å². The second kappa shape index (κ2) is 6.53. The van der Waals surface area contributed by atoms with Gasteiger partial charge in [0.15, 0.2) is 5.69 Å². The van der Waals surface area contributed by atoms with E-state index in [1.807, 2.05) is 0 Å². The molecule has 3 N–H and O–H groups in total. The summed E-state index contributed by atoms with van der Waals surface area (Å²) in [7, 11) is 0. The molecular weight excluding hydrogens is 272 g/mol. The number of nitrogens with zero attached hydrogens (tertiary/aromatic N) is 2. The van der Waals surface area contributed by atoms with Crippen molar-refractivity contribution in [3.63, 3.8) is 0 Å². The minimum atomic E-state index is -0.548. The molecule has 2 rings (SSSR count). The zero-order valence-electron chi connectivity index (χ0n) is 10.4. The molecule has 106 valence electrons. The van der Waals surface area contributed by atoms with Crippen LogP contribution in [0.3, 0.4) is 0 Å². The molecule has 7 nitrogen and oxygen atoms in total. The molecule has 19 heavy (non-hydrogen) atoms. The van der Waals surface area contributed by atoms with Gasteiger partial charge in [-0.1, -0.05) is 0 Å². The Kier molecular flexibility index (Phi) is 5.31. The van der Waals surface area contributed by atoms with Crippen molar-refractivity contribution < 1.29 is 9.72 Å². The molecule has 1 atom stereocenters. The van der Waals surface area contributed by atoms with Gasteiger partial charge in [-0.05, 0) is 30.3 Å². The Morgan fingerprint density at radius 1 is 1.53 bits per heavy atom. The van der Waals surface area contributed by atoms with Crippen molar-refractivity contribution in [1.82, 2.24) is 9.88 Å². The van der Waals surface area contributed by atoms with Crippen LogP contribution in [0.4, 0.5) is 5.82 Å². The third-order valence-corrected chi connectivity index (χ3v) is 3.26. The SMILES string of the molecule is Cl.NCC1CCCCN1C(=O)c1ccc([N+](=O)[O-])[nH]1. The van der Waals surface area contributed by atoms with E-state index in [9.17, 15) is 14.9 Å². The number of piperidine rings is 1. The van der Waals surface area contributed by atoms with Crippen LogP contribution in [0.5, 0.6) is 0 Å². The van der Waals surface area contributed by atoms with Crippen molar-refractivity contribution in [2.24, 2.45) is 5.73 Å². The Morgan fingerprint density at radius 3 is 2.84 bits per heavy atom. The third kappa shape index (κ3) is 3.24. The van der Waals surface area contributed by atoms with Gasteiger partial charge >= 0.3 is 5.82 Å². The molecule has 0 aromatic carbocycles. The van der Waals surface area contributed by atoms with E-state index in [1.165, 1.54) is 12.1 Å². The molecule has 1 aliphatic heterocycles. The summed E-state index contributed by atoms with van der Waals surface area (Å²) in [5.41, 5.74) is 5.90. The van der Waals surface area contributed by atoms with Crippen molar-refractivity contribution in [3.05, 3.63) is 27.9 Å². The van der Waals surface area contributed by atoms with Gasteiger partial charge in [-0.3, -0.25) is 4.79 Å². The van der Waals surface area contributed by atoms with Crippen LogP contribution in [-0.4, -0.2) is 39.8 Å². The zero-order chi connectivity index (χ0) is 13.1. The lowest BCUT2D eigenvalue weighted by Crippen LogP contribution is -2.47. The van der Waals surface area contributed by atoms with Crippen LogP contribution in [0.15, 0.2) is 12.1 Å². The maximum Gasteiger partial charge on any atom is 0.321 e. The van der Waals surface area contributed by atoms with Crippen LogP contribution < -0.4 is 5.73 Å². The van der Waals surface area contributed by atoms with E-state index in [4.69, 9.17) is 5.73 Å². The number of rotatable bonds is 3. The normalized spacial score (nSPS) is 18.8. The van der Waals surface area contributed by atoms with Crippen molar-refractivity contribution in [3.8, 4) is 0 Å². The summed E-state index contributed by atoms with van der Waals surface area (Å²) in [4.78, 5) is 26.5. The van der Waals surface area contributed by atoms with E-state index in [2.05, 4.69) is 4.98 Å². The van der Waals surface area contributed by atoms with Crippen molar-refractivity contribution >= 4 is 24.1 Å². The van der Waals surface area contributed by atoms with Gasteiger partial charge in [0.05, 0.1) is 0 Å². The van der Waals surface area contributed by atoms with E-state index in [0.29, 0.717) is 13.1 Å². The molecule has 0 bridgehead atoms. The molecule has 0 saturated carbocycles. The zero-order valence-corrected chi connectivity index (χ0v) is 11.2. The lowest BCUT2D eigenvalue weighted by Gasteiger charge is -2.34. The minimum absolute atomic E-state index is 0. The molecule has 1 aromatic rings. The van der Waals surface area contributed by atoms with E-state index in [-0.39, 0.29) is 35.9 Å². The third-order valence-electron chi connectivity index (χ3n) is 3.26. The predicted molar refractivity (Wildman–Crippen MR) is 72.4 cm³/mol. The monoisotopic (exact) mass is 288 g/mol. The molecule has 1 aromatic heterocycles. The molecule has 1 unspecified atom stereocenters. The van der Waals surface area contributed by atoms with Crippen LogP contribution in [0.2, 0.25) is 0 Å². The lowest BCUT2D eigenvalue weighted by atomic mass is 10.0. The van der Waals surface area contributed by atoms with Gasteiger partial charge in [-0.15, -0.1) is 12.4 Å². The number of halogens is 1. The summed E-state index contributed by atoms with van der Waals surface area (Å²) in [6.07, 6.45) is 2.91. The molecule has 2 heterocycles. The molecule has 1 fully saturated rings. The fourth-order valence-electron chi connectivity index (χ4n) is 2.28. The Labute approximate surface area is 116 Å². The van der Waals surface area contributed by atoms with E-state index < -0.39 is 4.92 Å². The molecule has 1 saturated heterocycles. The number of nitrogens with one attached hydrogen (secondary N) is 1. The smallest absolute Gasteiger partial charge is 0.321 e. The summed E-state index contributed by atoms with van der Waals surface area (Å²) in [5, 5.41) is 10.6. The van der Waals surface area contributed by atoms with Crippen molar-refractivity contribution in [2.75, 3.05) is 13.1 Å². The number of nitro groups is 1. The van der Waals surface area contributed by atoms with Crippen LogP contribution >= 0.6 is 12.4 Å². The number of H-pyrrole nitrogens is 1. The highest BCUT2D eigenvalue weighted by Gasteiger charge is 2.29. The number of hydrogen-bond donors (Lipinski definition) is 2. The number of carbonyl (C=O) groups is 1. The first-order chi connectivity index (χ1) is 8.63. The number of hydrogen-bond acceptors (Lipinski definition) is 4. The van der Waals surface area contributed by atoms with Crippen molar-refractivity contribution in [1.29, 1.82) is 0 Å². The van der Waals surface area contributed by atoms with Gasteiger partial charge in [-0.25, -0.2) is 4.98 Å². The summed E-state index contributed by atoms with van der Waals surface area (Å²) in [5.74, 6) is -0.377. The van der Waals surface area contributed by atoms with Crippen LogP contribution in [0.1, 0.15) is 29.8 Å². The maximum atomic E-state index is 12.2. The number of carbonyl (C=O) groups excluding carboxylic acids is 1. The van der Waals surface area contributed by atoms with Gasteiger partial charge in [0.25, 0.3) is 5.91 Å². The van der Waals surface area contributed by atoms with E-state index in [0.717, 1.165) is 19.3 Å². The molecule has 8 heteroatoms. The summed E-state index contributed by atoms with van der Waals surface area (Å²) >= 11 is 0. The van der Waals surface area contributed by atoms with Crippen molar-refractivity contribution in [2.45, 2.75) is 25.3 Å². The standard InChI is InChI=1S/C11H16N4O3.ClH/c12-7-8-3-1-2-6-14(8)11(16)9-4-5-10(13-9)15(17)18;/h4-5,8,13H,1-3,6-7,12H2;1H. The Hall–Kier alpha value is -1.60. The first-order valence-corrected chi connectivity index (χ1v) is 5.98. The summed E-state index contributed by atoms with van der Waals surface area (Å²) < 4.78 is 0. The maximum absolute atomic E-state index is 12.2. The van der Waals surface area contributed by atoms with Gasteiger partial charge in [0.1, 0.15) is 0 Å². The molecule has 0 aliphatic carbocycles. The van der Waals surface area contributed by atoms with Gasteiger partial charge in [0.2, 0.25) is 0 Å².